The molecule has 0 saturated heterocycles. The molecule has 1 fully saturated rings. The highest BCUT2D eigenvalue weighted by atomic mass is 79.9. The van der Waals surface area contributed by atoms with Crippen LogP contribution < -0.4 is 14.4 Å². The van der Waals surface area contributed by atoms with Crippen LogP contribution in [0.3, 0.4) is 0 Å². The molecule has 0 radical (unpaired) electrons. The smallest absolute Gasteiger partial charge is 0.245 e. The molecule has 0 aromatic heterocycles. The Morgan fingerprint density at radius 1 is 1.17 bits per heavy atom. The van der Waals surface area contributed by atoms with Crippen LogP contribution >= 0.6 is 15.9 Å². The molecule has 1 saturated carbocycles. The highest BCUT2D eigenvalue weighted by molar-refractivity contribution is 9.10. The third-order valence-electron chi connectivity index (χ3n) is 4.86. The van der Waals surface area contributed by atoms with E-state index in [1.165, 1.54) is 12.8 Å². The lowest BCUT2D eigenvalue weighted by atomic mass is 10.2. The number of halogens is 1. The number of aryl methyl sites for hydroxylation is 1. The fourth-order valence-corrected chi connectivity index (χ4v) is 4.43. The van der Waals surface area contributed by atoms with Crippen LogP contribution in [0.15, 0.2) is 46.9 Å². The number of nitrogens with zero attached hydrogens (tertiary/aromatic N) is 1. The summed E-state index contributed by atoms with van der Waals surface area (Å²) in [6.45, 7) is 1.56. The van der Waals surface area contributed by atoms with Gasteiger partial charge in [0.15, 0.2) is 0 Å². The van der Waals surface area contributed by atoms with Crippen molar-refractivity contribution < 1.29 is 17.9 Å². The van der Waals surface area contributed by atoms with Gasteiger partial charge in [-0.15, -0.1) is 0 Å². The molecule has 1 amide bonds. The molecule has 0 heterocycles. The maximum atomic E-state index is 12.5. The summed E-state index contributed by atoms with van der Waals surface area (Å²) >= 11 is 3.40. The normalized spacial score (nSPS) is 14.6. The van der Waals surface area contributed by atoms with Gasteiger partial charge in [-0.3, -0.25) is 9.10 Å². The summed E-state index contributed by atoms with van der Waals surface area (Å²) in [6.07, 6.45) is 5.92. The third-order valence-corrected chi connectivity index (χ3v) is 6.89. The standard InChI is InChI=1S/C21H25BrN2O4S/c1-15-13-17(9-12-20(15)22)24(29(2,26)27)14-21(25)23-16-7-10-19(11-8-16)28-18-5-3-4-6-18/h7-13,18H,3-6,14H2,1-2H3,(H,23,25). The number of nitrogens with one attached hydrogen (secondary N) is 1. The van der Waals surface area contributed by atoms with E-state index in [0.29, 0.717) is 11.4 Å². The highest BCUT2D eigenvalue weighted by Crippen LogP contribution is 2.26. The Hall–Kier alpha value is -2.06. The van der Waals surface area contributed by atoms with Gasteiger partial charge in [0.2, 0.25) is 15.9 Å². The number of anilines is 2. The molecule has 2 aromatic rings. The van der Waals surface area contributed by atoms with E-state index in [0.717, 1.165) is 39.2 Å². The van der Waals surface area contributed by atoms with E-state index in [2.05, 4.69) is 21.2 Å². The van der Waals surface area contributed by atoms with E-state index in [-0.39, 0.29) is 12.6 Å². The Bertz CT molecular complexity index is 971. The van der Waals surface area contributed by atoms with Crippen molar-refractivity contribution in [3.8, 4) is 5.75 Å². The number of carbonyl (C=O) groups is 1. The van der Waals surface area contributed by atoms with E-state index >= 15 is 0 Å². The number of sulfonamides is 1. The maximum absolute atomic E-state index is 12.5. The van der Waals surface area contributed by atoms with Gasteiger partial charge in [0.05, 0.1) is 18.0 Å². The fourth-order valence-electron chi connectivity index (χ4n) is 3.33. The van der Waals surface area contributed by atoms with Crippen LogP contribution in [-0.4, -0.2) is 33.2 Å². The lowest BCUT2D eigenvalue weighted by molar-refractivity contribution is -0.114. The minimum absolute atomic E-state index is 0.271. The van der Waals surface area contributed by atoms with Crippen molar-refractivity contribution in [3.05, 3.63) is 52.5 Å². The van der Waals surface area contributed by atoms with Crippen molar-refractivity contribution >= 4 is 43.2 Å². The predicted molar refractivity (Wildman–Crippen MR) is 119 cm³/mol. The molecule has 2 aromatic carbocycles. The van der Waals surface area contributed by atoms with Crippen molar-refractivity contribution in [1.82, 2.24) is 0 Å². The molecule has 156 valence electrons. The van der Waals surface area contributed by atoms with Crippen molar-refractivity contribution in [1.29, 1.82) is 0 Å². The quantitative estimate of drug-likeness (QED) is 0.633. The van der Waals surface area contributed by atoms with Gasteiger partial charge in [-0.1, -0.05) is 15.9 Å². The lowest BCUT2D eigenvalue weighted by Gasteiger charge is -2.22. The summed E-state index contributed by atoms with van der Waals surface area (Å²) in [5, 5.41) is 2.75. The molecule has 29 heavy (non-hydrogen) atoms. The van der Waals surface area contributed by atoms with Crippen molar-refractivity contribution in [2.75, 3.05) is 22.4 Å². The van der Waals surface area contributed by atoms with Gasteiger partial charge in [-0.05, 0) is 80.6 Å². The van der Waals surface area contributed by atoms with Crippen LogP contribution in [0.25, 0.3) is 0 Å². The molecule has 0 bridgehead atoms. The van der Waals surface area contributed by atoms with Gasteiger partial charge < -0.3 is 10.1 Å². The fraction of sp³-hybridized carbons (Fsp3) is 0.381. The first kappa shape index (κ1) is 21.6. The highest BCUT2D eigenvalue weighted by Gasteiger charge is 2.21. The number of hydrogen-bond donors (Lipinski definition) is 1. The molecule has 3 rings (SSSR count). The second-order valence-corrected chi connectivity index (χ2v) is 10.1. The zero-order valence-corrected chi connectivity index (χ0v) is 18.9. The van der Waals surface area contributed by atoms with Crippen LogP contribution in [0.5, 0.6) is 5.75 Å². The number of carbonyl (C=O) groups excluding carboxylic acids is 1. The zero-order chi connectivity index (χ0) is 21.0. The first-order chi connectivity index (χ1) is 13.7. The summed E-state index contributed by atoms with van der Waals surface area (Å²) in [7, 11) is -3.62. The summed E-state index contributed by atoms with van der Waals surface area (Å²) in [5.74, 6) is 0.360. The monoisotopic (exact) mass is 480 g/mol. The van der Waals surface area contributed by atoms with Gasteiger partial charge in [-0.2, -0.15) is 0 Å². The van der Waals surface area contributed by atoms with Crippen LogP contribution in [0, 0.1) is 6.92 Å². The Balaban J connectivity index is 1.66. The Morgan fingerprint density at radius 3 is 2.41 bits per heavy atom. The molecule has 0 aliphatic heterocycles. The largest absolute Gasteiger partial charge is 0.490 e. The van der Waals surface area contributed by atoms with Crippen molar-refractivity contribution in [2.45, 2.75) is 38.7 Å². The van der Waals surface area contributed by atoms with E-state index < -0.39 is 15.9 Å². The maximum Gasteiger partial charge on any atom is 0.245 e. The first-order valence-corrected chi connectivity index (χ1v) is 12.2. The average molecular weight is 481 g/mol. The van der Waals surface area contributed by atoms with Gasteiger partial charge in [-0.25, -0.2) is 8.42 Å². The first-order valence-electron chi connectivity index (χ1n) is 9.53. The Morgan fingerprint density at radius 2 is 1.83 bits per heavy atom. The number of hydrogen-bond acceptors (Lipinski definition) is 4. The number of amides is 1. The lowest BCUT2D eigenvalue weighted by Crippen LogP contribution is -2.37. The summed E-state index contributed by atoms with van der Waals surface area (Å²) in [4.78, 5) is 12.5. The van der Waals surface area contributed by atoms with E-state index in [1.807, 2.05) is 19.1 Å². The summed E-state index contributed by atoms with van der Waals surface area (Å²) in [5.41, 5.74) is 1.92. The zero-order valence-electron chi connectivity index (χ0n) is 16.5. The molecule has 8 heteroatoms. The second kappa shape index (κ2) is 9.17. The van der Waals surface area contributed by atoms with Gasteiger partial charge in [0.1, 0.15) is 12.3 Å². The van der Waals surface area contributed by atoms with Gasteiger partial charge in [0, 0.05) is 10.2 Å². The molecule has 1 aliphatic rings. The average Bonchev–Trinajstić information content (AvgIpc) is 3.16. The van der Waals surface area contributed by atoms with Crippen LogP contribution in [0.4, 0.5) is 11.4 Å². The minimum atomic E-state index is -3.62. The third kappa shape index (κ3) is 5.96. The molecule has 1 aliphatic carbocycles. The number of ether oxygens (including phenoxy) is 1. The molecule has 0 unspecified atom stereocenters. The Labute approximate surface area is 180 Å². The molecule has 1 N–H and O–H groups in total. The van der Waals surface area contributed by atoms with Crippen molar-refractivity contribution in [3.63, 3.8) is 0 Å². The van der Waals surface area contributed by atoms with Crippen LogP contribution in [0.1, 0.15) is 31.2 Å². The molecule has 6 nitrogen and oxygen atoms in total. The molecular weight excluding hydrogens is 456 g/mol. The van der Waals surface area contributed by atoms with Gasteiger partial charge in [0.25, 0.3) is 0 Å². The SMILES string of the molecule is Cc1cc(N(CC(=O)Nc2ccc(OC3CCCC3)cc2)S(C)(=O)=O)ccc1Br. The van der Waals surface area contributed by atoms with Gasteiger partial charge >= 0.3 is 0 Å². The van der Waals surface area contributed by atoms with E-state index in [9.17, 15) is 13.2 Å². The second-order valence-electron chi connectivity index (χ2n) is 7.30. The van der Waals surface area contributed by atoms with Crippen LogP contribution in [-0.2, 0) is 14.8 Å². The van der Waals surface area contributed by atoms with Crippen LogP contribution in [0.2, 0.25) is 0 Å². The number of rotatable bonds is 7. The molecule has 0 spiro atoms. The minimum Gasteiger partial charge on any atom is -0.490 e. The Kier molecular flexibility index (Phi) is 6.85. The predicted octanol–water partition coefficient (Wildman–Crippen LogP) is 4.48. The number of benzene rings is 2. The molecular formula is C21H25BrN2O4S. The molecule has 0 atom stereocenters. The van der Waals surface area contributed by atoms with E-state index in [1.54, 1.807) is 30.3 Å². The topological polar surface area (TPSA) is 75.7 Å². The van der Waals surface area contributed by atoms with Crippen molar-refractivity contribution in [2.24, 2.45) is 0 Å². The summed E-state index contributed by atoms with van der Waals surface area (Å²) < 4.78 is 32.4. The summed E-state index contributed by atoms with van der Waals surface area (Å²) in [6, 6.07) is 12.3. The van der Waals surface area contributed by atoms with E-state index in [4.69, 9.17) is 4.74 Å².